The molecule has 2 aliphatic rings. The Morgan fingerprint density at radius 1 is 1.33 bits per heavy atom. The van der Waals surface area contributed by atoms with Gasteiger partial charge < -0.3 is 5.11 Å². The van der Waals surface area contributed by atoms with E-state index in [1.54, 1.807) is 0 Å². The largest absolute Gasteiger partial charge is 0.481 e. The molecule has 2 fully saturated rings. The maximum atomic E-state index is 11.9. The number of carboxylic acids is 1. The molecule has 1 N–H and O–H groups in total. The molecule has 2 saturated carbocycles. The van der Waals surface area contributed by atoms with E-state index in [1.807, 2.05) is 25.1 Å². The second-order valence-corrected chi connectivity index (χ2v) is 6.87. The molecule has 0 aliphatic heterocycles. The third kappa shape index (κ3) is 2.03. The van der Waals surface area contributed by atoms with Crippen molar-refractivity contribution in [2.45, 2.75) is 32.6 Å². The number of aliphatic carboxylic acids is 1. The quantitative estimate of drug-likeness (QED) is 0.935. The van der Waals surface area contributed by atoms with Crippen molar-refractivity contribution in [2.24, 2.45) is 17.3 Å². The molecule has 1 aromatic carbocycles. The van der Waals surface area contributed by atoms with Crippen molar-refractivity contribution in [1.29, 1.82) is 0 Å². The predicted molar refractivity (Wildman–Crippen MR) is 81.1 cm³/mol. The third-order valence-electron chi connectivity index (χ3n) is 5.29. The Bertz CT molecular complexity index is 727. The lowest BCUT2D eigenvalue weighted by Crippen LogP contribution is -2.32. The summed E-state index contributed by atoms with van der Waals surface area (Å²) in [4.78, 5) is 16.5. The molecule has 2 unspecified atom stereocenters. The fourth-order valence-electron chi connectivity index (χ4n) is 4.20. The number of hydrogen-bond donors (Lipinski definition) is 1. The Balaban J connectivity index is 1.78. The Hall–Kier alpha value is -1.90. The Morgan fingerprint density at radius 2 is 2.05 bits per heavy atom. The highest BCUT2D eigenvalue weighted by molar-refractivity contribution is 5.84. The second kappa shape index (κ2) is 4.30. The van der Waals surface area contributed by atoms with E-state index in [0.29, 0.717) is 18.3 Å². The molecule has 0 bridgehead atoms. The van der Waals surface area contributed by atoms with Gasteiger partial charge in [0, 0.05) is 11.1 Å². The third-order valence-corrected chi connectivity index (χ3v) is 5.29. The number of para-hydroxylation sites is 1. The predicted octanol–water partition coefficient (Wildman–Crippen LogP) is 3.59. The highest BCUT2D eigenvalue weighted by Gasteiger charge is 2.57. The fraction of sp³-hybridized carbons (Fsp3) is 0.444. The number of carboxylic acid groups (broad SMARTS) is 1. The van der Waals surface area contributed by atoms with Gasteiger partial charge in [-0.15, -0.1) is 0 Å². The first kappa shape index (κ1) is 12.8. The van der Waals surface area contributed by atoms with Crippen LogP contribution < -0.4 is 0 Å². The Morgan fingerprint density at radius 3 is 2.76 bits per heavy atom. The molecule has 21 heavy (non-hydrogen) atoms. The van der Waals surface area contributed by atoms with Crippen LogP contribution in [0.25, 0.3) is 10.9 Å². The van der Waals surface area contributed by atoms with Gasteiger partial charge in [0.25, 0.3) is 0 Å². The summed E-state index contributed by atoms with van der Waals surface area (Å²) >= 11 is 0. The van der Waals surface area contributed by atoms with Gasteiger partial charge in [0.05, 0.1) is 10.9 Å². The summed E-state index contributed by atoms with van der Waals surface area (Å²) in [5.74, 6) is 0.707. The molecular formula is C18H19NO2. The van der Waals surface area contributed by atoms with Crippen LogP contribution in [0.15, 0.2) is 30.3 Å². The van der Waals surface area contributed by atoms with Crippen molar-refractivity contribution in [2.75, 3.05) is 0 Å². The van der Waals surface area contributed by atoms with E-state index >= 15 is 0 Å². The molecule has 0 radical (unpaired) electrons. The maximum absolute atomic E-state index is 11.9. The normalized spacial score (nSPS) is 30.3. The molecule has 108 valence electrons. The Labute approximate surface area is 124 Å². The molecule has 0 amide bonds. The van der Waals surface area contributed by atoms with E-state index in [1.165, 1.54) is 6.42 Å². The van der Waals surface area contributed by atoms with Gasteiger partial charge in [-0.2, -0.15) is 0 Å². The maximum Gasteiger partial charge on any atom is 0.309 e. The number of pyridine rings is 1. The SMILES string of the molecule is Cc1cc(CC2(C(=O)O)CC3CC3C2)c2ccccc2n1. The van der Waals surface area contributed by atoms with Gasteiger partial charge in [-0.1, -0.05) is 18.2 Å². The van der Waals surface area contributed by atoms with Crippen LogP contribution in [-0.4, -0.2) is 16.1 Å². The molecule has 1 aromatic heterocycles. The van der Waals surface area contributed by atoms with Gasteiger partial charge in [0.2, 0.25) is 0 Å². The van der Waals surface area contributed by atoms with E-state index in [0.717, 1.165) is 35.0 Å². The van der Waals surface area contributed by atoms with Crippen molar-refractivity contribution in [1.82, 2.24) is 4.98 Å². The zero-order chi connectivity index (χ0) is 14.6. The van der Waals surface area contributed by atoms with Gasteiger partial charge >= 0.3 is 5.97 Å². The van der Waals surface area contributed by atoms with Crippen LogP contribution >= 0.6 is 0 Å². The average Bonchev–Trinajstić information content (AvgIpc) is 3.06. The standard InChI is InChI=1S/C18H19NO2/c1-11-6-14(15-4-2-3-5-16(15)19-11)10-18(17(20)21)8-12-7-13(12)9-18/h2-6,12-13H,7-10H2,1H3,(H,20,21). The molecule has 4 rings (SSSR count). The van der Waals surface area contributed by atoms with Crippen molar-refractivity contribution in [3.8, 4) is 0 Å². The number of benzene rings is 1. The first-order valence-electron chi connectivity index (χ1n) is 7.66. The number of aromatic nitrogens is 1. The summed E-state index contributed by atoms with van der Waals surface area (Å²) in [6.07, 6.45) is 3.58. The average molecular weight is 281 g/mol. The van der Waals surface area contributed by atoms with Gasteiger partial charge in [0.15, 0.2) is 0 Å². The zero-order valence-electron chi connectivity index (χ0n) is 12.2. The van der Waals surface area contributed by atoms with Crippen LogP contribution in [0, 0.1) is 24.2 Å². The van der Waals surface area contributed by atoms with E-state index in [4.69, 9.17) is 0 Å². The fourth-order valence-corrected chi connectivity index (χ4v) is 4.20. The summed E-state index contributed by atoms with van der Waals surface area (Å²) in [5.41, 5.74) is 2.52. The molecule has 2 aliphatic carbocycles. The Kier molecular flexibility index (Phi) is 2.62. The molecule has 2 aromatic rings. The van der Waals surface area contributed by atoms with E-state index < -0.39 is 11.4 Å². The van der Waals surface area contributed by atoms with Gasteiger partial charge in [-0.3, -0.25) is 9.78 Å². The number of aryl methyl sites for hydroxylation is 1. The molecule has 2 atom stereocenters. The lowest BCUT2D eigenvalue weighted by molar-refractivity contribution is -0.149. The molecule has 0 saturated heterocycles. The number of nitrogens with zero attached hydrogens (tertiary/aromatic N) is 1. The number of fused-ring (bicyclic) bond motifs is 2. The van der Waals surface area contributed by atoms with Crippen LogP contribution in [-0.2, 0) is 11.2 Å². The van der Waals surface area contributed by atoms with Crippen molar-refractivity contribution >= 4 is 16.9 Å². The highest BCUT2D eigenvalue weighted by atomic mass is 16.4. The number of rotatable bonds is 3. The van der Waals surface area contributed by atoms with Crippen molar-refractivity contribution in [3.05, 3.63) is 41.6 Å². The van der Waals surface area contributed by atoms with Gasteiger partial charge in [-0.05, 0) is 62.1 Å². The van der Waals surface area contributed by atoms with Gasteiger partial charge in [0.1, 0.15) is 0 Å². The number of hydrogen-bond acceptors (Lipinski definition) is 2. The monoisotopic (exact) mass is 281 g/mol. The van der Waals surface area contributed by atoms with Crippen molar-refractivity contribution in [3.63, 3.8) is 0 Å². The summed E-state index contributed by atoms with van der Waals surface area (Å²) < 4.78 is 0. The van der Waals surface area contributed by atoms with Crippen LogP contribution in [0.3, 0.4) is 0 Å². The van der Waals surface area contributed by atoms with E-state index in [9.17, 15) is 9.90 Å². The molecule has 3 nitrogen and oxygen atoms in total. The number of carbonyl (C=O) groups is 1. The van der Waals surface area contributed by atoms with Crippen LogP contribution in [0.2, 0.25) is 0 Å². The summed E-state index contributed by atoms with van der Waals surface area (Å²) in [5, 5.41) is 10.9. The minimum Gasteiger partial charge on any atom is -0.481 e. The summed E-state index contributed by atoms with van der Waals surface area (Å²) in [6.45, 7) is 1.98. The molecule has 0 spiro atoms. The van der Waals surface area contributed by atoms with Crippen LogP contribution in [0.4, 0.5) is 0 Å². The molecular weight excluding hydrogens is 262 g/mol. The van der Waals surface area contributed by atoms with E-state index in [2.05, 4.69) is 17.1 Å². The zero-order valence-corrected chi connectivity index (χ0v) is 12.2. The lowest BCUT2D eigenvalue weighted by atomic mass is 9.77. The second-order valence-electron chi connectivity index (χ2n) is 6.87. The molecule has 3 heteroatoms. The topological polar surface area (TPSA) is 50.2 Å². The molecule has 1 heterocycles. The van der Waals surface area contributed by atoms with E-state index in [-0.39, 0.29) is 0 Å². The summed E-state index contributed by atoms with van der Waals surface area (Å²) in [6, 6.07) is 10.1. The lowest BCUT2D eigenvalue weighted by Gasteiger charge is -2.26. The minimum atomic E-state index is -0.617. The van der Waals surface area contributed by atoms with Gasteiger partial charge in [-0.25, -0.2) is 0 Å². The first-order valence-corrected chi connectivity index (χ1v) is 7.66. The minimum absolute atomic E-state index is 0.551. The van der Waals surface area contributed by atoms with Crippen LogP contribution in [0.5, 0.6) is 0 Å². The summed E-state index contributed by atoms with van der Waals surface area (Å²) in [7, 11) is 0. The van der Waals surface area contributed by atoms with Crippen LogP contribution in [0.1, 0.15) is 30.5 Å². The van der Waals surface area contributed by atoms with Crippen molar-refractivity contribution < 1.29 is 9.90 Å². The highest BCUT2D eigenvalue weighted by Crippen LogP contribution is 2.61. The first-order chi connectivity index (χ1) is 10.1. The smallest absolute Gasteiger partial charge is 0.309 e.